The molecule has 0 radical (unpaired) electrons. The summed E-state index contributed by atoms with van der Waals surface area (Å²) in [5, 5.41) is 37.6. The highest BCUT2D eigenvalue weighted by atomic mass is 16.3. The summed E-state index contributed by atoms with van der Waals surface area (Å²) in [7, 11) is 0. The second kappa shape index (κ2) is 7.20. The Labute approximate surface area is 153 Å². The molecule has 138 valence electrons. The Bertz CT molecular complexity index is 945. The van der Waals surface area contributed by atoms with E-state index in [-0.39, 0.29) is 58.8 Å². The number of imidazole rings is 1. The molecule has 0 aliphatic rings. The smallest absolute Gasteiger partial charge is 0.244 e. The number of aromatic nitrogens is 2. The second-order valence-electron chi connectivity index (χ2n) is 6.01. The van der Waals surface area contributed by atoms with Crippen LogP contribution in [0, 0.1) is 0 Å². The van der Waals surface area contributed by atoms with Gasteiger partial charge in [0, 0.05) is 11.1 Å². The molecule has 0 saturated heterocycles. The van der Waals surface area contributed by atoms with Gasteiger partial charge in [-0.2, -0.15) is 0 Å². The average molecular weight is 369 g/mol. The van der Waals surface area contributed by atoms with E-state index in [1.807, 2.05) is 0 Å². The first-order valence-electron chi connectivity index (χ1n) is 7.98. The first-order chi connectivity index (χ1) is 12.8. The van der Waals surface area contributed by atoms with Crippen LogP contribution in [0.3, 0.4) is 0 Å². The summed E-state index contributed by atoms with van der Waals surface area (Å²) in [6.45, 7) is -0.0171. The Kier molecular flexibility index (Phi) is 4.80. The molecule has 1 heterocycles. The highest BCUT2D eigenvalue weighted by molar-refractivity contribution is 5.96. The van der Waals surface area contributed by atoms with Crippen molar-refractivity contribution in [2.24, 2.45) is 0 Å². The molecule has 0 amide bonds. The van der Waals surface area contributed by atoms with Gasteiger partial charge in [-0.3, -0.25) is 9.59 Å². The summed E-state index contributed by atoms with van der Waals surface area (Å²) in [6, 6.07) is 7.69. The number of rotatable bonds is 6. The van der Waals surface area contributed by atoms with Crippen molar-refractivity contribution in [3.05, 3.63) is 66.2 Å². The van der Waals surface area contributed by atoms with Gasteiger partial charge in [0.2, 0.25) is 17.9 Å². The standard InChI is InChI=1S/C19H16N2O6/c22-14-3-1-12(7-16(14)24)18(26)9-20-5-6-21(11-20)10-19(27)13-2-4-15(23)17(25)8-13/h1-8,11H,9-10H2,(H3-,22,23,24,25,26,27)/p+1. The molecule has 0 fully saturated rings. The zero-order valence-corrected chi connectivity index (χ0v) is 14.1. The van der Waals surface area contributed by atoms with Crippen molar-refractivity contribution < 1.29 is 34.6 Å². The van der Waals surface area contributed by atoms with Gasteiger partial charge in [0.25, 0.3) is 0 Å². The lowest BCUT2D eigenvalue weighted by Gasteiger charge is -2.02. The monoisotopic (exact) mass is 369 g/mol. The van der Waals surface area contributed by atoms with Gasteiger partial charge in [-0.05, 0) is 36.4 Å². The third kappa shape index (κ3) is 4.06. The van der Waals surface area contributed by atoms with Crippen LogP contribution in [0.15, 0.2) is 55.1 Å². The van der Waals surface area contributed by atoms with Crippen molar-refractivity contribution in [2.75, 3.05) is 0 Å². The van der Waals surface area contributed by atoms with E-state index < -0.39 is 0 Å². The third-order valence-electron chi connectivity index (χ3n) is 3.99. The molecule has 3 aromatic rings. The molecule has 1 aromatic heterocycles. The number of carbonyl (C=O) groups is 2. The SMILES string of the molecule is O=C(Cn1cc[n+](CC(=O)c2ccc(O)c(O)c2)c1)c1ccc(O)c(O)c1. The minimum Gasteiger partial charge on any atom is -0.504 e. The lowest BCUT2D eigenvalue weighted by molar-refractivity contribution is -0.682. The van der Waals surface area contributed by atoms with Crippen LogP contribution in [0.4, 0.5) is 0 Å². The molecule has 0 aliphatic carbocycles. The average Bonchev–Trinajstić information content (AvgIpc) is 3.06. The molecule has 27 heavy (non-hydrogen) atoms. The van der Waals surface area contributed by atoms with Gasteiger partial charge in [0.1, 0.15) is 12.4 Å². The fourth-order valence-electron chi connectivity index (χ4n) is 2.53. The van der Waals surface area contributed by atoms with Crippen LogP contribution < -0.4 is 4.57 Å². The molecule has 0 aliphatic heterocycles. The minimum atomic E-state index is -0.369. The Hall–Kier alpha value is -3.81. The molecule has 2 aromatic carbocycles. The summed E-state index contributed by atoms with van der Waals surface area (Å²) >= 11 is 0. The second-order valence-corrected chi connectivity index (χ2v) is 6.01. The normalized spacial score (nSPS) is 10.7. The van der Waals surface area contributed by atoms with Crippen LogP contribution in [0.5, 0.6) is 23.0 Å². The van der Waals surface area contributed by atoms with Crippen LogP contribution in [-0.2, 0) is 13.1 Å². The summed E-state index contributed by atoms with van der Waals surface area (Å²) in [5.74, 6) is -1.89. The summed E-state index contributed by atoms with van der Waals surface area (Å²) in [6.07, 6.45) is 4.83. The van der Waals surface area contributed by atoms with Crippen LogP contribution in [0.25, 0.3) is 0 Å². The Morgan fingerprint density at radius 3 is 1.93 bits per heavy atom. The van der Waals surface area contributed by atoms with E-state index in [0.717, 1.165) is 0 Å². The number of hydrogen-bond acceptors (Lipinski definition) is 6. The molecular weight excluding hydrogens is 352 g/mol. The van der Waals surface area contributed by atoms with Crippen LogP contribution in [-0.4, -0.2) is 36.6 Å². The Morgan fingerprint density at radius 1 is 0.815 bits per heavy atom. The van der Waals surface area contributed by atoms with Crippen molar-refractivity contribution in [1.82, 2.24) is 4.57 Å². The first-order valence-corrected chi connectivity index (χ1v) is 7.98. The van der Waals surface area contributed by atoms with E-state index in [1.54, 1.807) is 27.9 Å². The highest BCUT2D eigenvalue weighted by Crippen LogP contribution is 2.26. The molecular formula is C19H17N2O6+. The molecule has 0 unspecified atom stereocenters. The van der Waals surface area contributed by atoms with E-state index in [4.69, 9.17) is 0 Å². The predicted octanol–water partition coefficient (Wildman–Crippen LogP) is 1.36. The minimum absolute atomic E-state index is 0.00853. The third-order valence-corrected chi connectivity index (χ3v) is 3.99. The number of Topliss-reactive ketones (excluding diaryl/α,β-unsaturated/α-hetero) is 2. The van der Waals surface area contributed by atoms with Crippen LogP contribution >= 0.6 is 0 Å². The number of phenols is 4. The van der Waals surface area contributed by atoms with Crippen molar-refractivity contribution >= 4 is 11.6 Å². The molecule has 8 nitrogen and oxygen atoms in total. The maximum absolute atomic E-state index is 12.3. The van der Waals surface area contributed by atoms with Crippen molar-refractivity contribution in [3.8, 4) is 23.0 Å². The number of hydrogen-bond donors (Lipinski definition) is 4. The zero-order valence-electron chi connectivity index (χ0n) is 14.1. The number of nitrogens with zero attached hydrogens (tertiary/aromatic N) is 2. The zero-order chi connectivity index (χ0) is 19.6. The van der Waals surface area contributed by atoms with Gasteiger partial charge in [0.05, 0.1) is 0 Å². The largest absolute Gasteiger partial charge is 0.504 e. The van der Waals surface area contributed by atoms with Crippen molar-refractivity contribution in [3.63, 3.8) is 0 Å². The summed E-state index contributed by atoms with van der Waals surface area (Å²) in [5.41, 5.74) is 0.502. The van der Waals surface area contributed by atoms with Gasteiger partial charge in [-0.1, -0.05) is 0 Å². The maximum atomic E-state index is 12.3. The molecule has 0 atom stereocenters. The number of aromatic hydroxyl groups is 4. The molecule has 0 saturated carbocycles. The fraction of sp³-hybridized carbons (Fsp3) is 0.105. The van der Waals surface area contributed by atoms with Crippen LogP contribution in [0.1, 0.15) is 20.7 Å². The molecule has 3 rings (SSSR count). The fourth-order valence-corrected chi connectivity index (χ4v) is 2.53. The maximum Gasteiger partial charge on any atom is 0.244 e. The van der Waals surface area contributed by atoms with Gasteiger partial charge >= 0.3 is 0 Å². The topological polar surface area (TPSA) is 124 Å². The predicted molar refractivity (Wildman–Crippen MR) is 92.8 cm³/mol. The van der Waals surface area contributed by atoms with Gasteiger partial charge in [0.15, 0.2) is 36.1 Å². The lowest BCUT2D eigenvalue weighted by Crippen LogP contribution is -2.36. The number of carbonyl (C=O) groups excluding carboxylic acids is 2. The van der Waals surface area contributed by atoms with Gasteiger partial charge in [-0.25, -0.2) is 9.13 Å². The van der Waals surface area contributed by atoms with E-state index >= 15 is 0 Å². The number of phenolic OH excluding ortho intramolecular Hbond substituents is 4. The molecule has 8 heteroatoms. The Morgan fingerprint density at radius 2 is 1.37 bits per heavy atom. The number of ketones is 2. The lowest BCUT2D eigenvalue weighted by atomic mass is 10.1. The molecule has 0 spiro atoms. The van der Waals surface area contributed by atoms with Crippen molar-refractivity contribution in [1.29, 1.82) is 0 Å². The first kappa shape index (κ1) is 18.0. The number of benzene rings is 2. The summed E-state index contributed by atoms with van der Waals surface area (Å²) < 4.78 is 3.15. The van der Waals surface area contributed by atoms with E-state index in [9.17, 15) is 30.0 Å². The molecule has 0 bridgehead atoms. The quantitative estimate of drug-likeness (QED) is 0.296. The molecule has 4 N–H and O–H groups in total. The van der Waals surface area contributed by atoms with Gasteiger partial charge in [-0.15, -0.1) is 0 Å². The van der Waals surface area contributed by atoms with E-state index in [2.05, 4.69) is 0 Å². The van der Waals surface area contributed by atoms with E-state index in [0.29, 0.717) is 0 Å². The van der Waals surface area contributed by atoms with E-state index in [1.165, 1.54) is 36.4 Å². The summed E-state index contributed by atoms with van der Waals surface area (Å²) in [4.78, 5) is 24.5. The van der Waals surface area contributed by atoms with Crippen LogP contribution in [0.2, 0.25) is 0 Å². The highest BCUT2D eigenvalue weighted by Gasteiger charge is 2.16. The van der Waals surface area contributed by atoms with Gasteiger partial charge < -0.3 is 20.4 Å². The van der Waals surface area contributed by atoms with Crippen molar-refractivity contribution in [2.45, 2.75) is 13.1 Å². The Balaban J connectivity index is 1.67.